The second-order valence-electron chi connectivity index (χ2n) is 5.29. The molecular formula is C12H11F3O5. The predicted molar refractivity (Wildman–Crippen MR) is 56.3 cm³/mol. The SMILES string of the molecule is C=C(C)C(=O)OC1C2CC3(C(F)(F)F)C(=O)OC1C3O2. The molecular weight excluding hydrogens is 281 g/mol. The number of hydrogen-bond donors (Lipinski definition) is 0. The van der Waals surface area contributed by atoms with Crippen molar-refractivity contribution in [1.82, 2.24) is 0 Å². The molecule has 3 rings (SSSR count). The van der Waals surface area contributed by atoms with Gasteiger partial charge in [-0.2, -0.15) is 13.2 Å². The molecule has 0 aromatic carbocycles. The second kappa shape index (κ2) is 3.75. The van der Waals surface area contributed by atoms with E-state index in [1.807, 2.05) is 0 Å². The summed E-state index contributed by atoms with van der Waals surface area (Å²) in [6.45, 7) is 4.80. The molecule has 3 heterocycles. The first-order valence-corrected chi connectivity index (χ1v) is 5.98. The molecule has 0 aliphatic carbocycles. The minimum atomic E-state index is -4.75. The van der Waals surface area contributed by atoms with Crippen LogP contribution in [0.25, 0.3) is 0 Å². The van der Waals surface area contributed by atoms with E-state index in [0.717, 1.165) is 0 Å². The lowest BCUT2D eigenvalue weighted by Gasteiger charge is -2.30. The molecule has 3 fully saturated rings. The van der Waals surface area contributed by atoms with E-state index in [9.17, 15) is 22.8 Å². The molecule has 20 heavy (non-hydrogen) atoms. The van der Waals surface area contributed by atoms with Crippen LogP contribution in [-0.4, -0.2) is 42.5 Å². The molecule has 5 nitrogen and oxygen atoms in total. The number of ether oxygens (including phenoxy) is 3. The van der Waals surface area contributed by atoms with E-state index >= 15 is 0 Å². The fourth-order valence-corrected chi connectivity index (χ4v) is 3.04. The van der Waals surface area contributed by atoms with Crippen LogP contribution in [0.1, 0.15) is 13.3 Å². The van der Waals surface area contributed by atoms with E-state index in [0.29, 0.717) is 0 Å². The highest BCUT2D eigenvalue weighted by Crippen LogP contribution is 2.61. The molecule has 5 atom stereocenters. The number of halogens is 3. The van der Waals surface area contributed by atoms with Crippen LogP contribution in [0.2, 0.25) is 0 Å². The smallest absolute Gasteiger partial charge is 0.407 e. The Bertz CT molecular complexity index is 514. The third-order valence-electron chi connectivity index (χ3n) is 4.02. The lowest BCUT2D eigenvalue weighted by Crippen LogP contribution is -2.52. The van der Waals surface area contributed by atoms with Crippen molar-refractivity contribution in [1.29, 1.82) is 0 Å². The number of rotatable bonds is 2. The largest absolute Gasteiger partial charge is 0.455 e. The Morgan fingerprint density at radius 1 is 1.50 bits per heavy atom. The number of carbonyl (C=O) groups is 2. The van der Waals surface area contributed by atoms with E-state index < -0.39 is 54.4 Å². The fraction of sp³-hybridized carbons (Fsp3) is 0.667. The molecule has 0 saturated carbocycles. The lowest BCUT2D eigenvalue weighted by molar-refractivity contribution is -0.228. The van der Waals surface area contributed by atoms with Crippen molar-refractivity contribution in [2.75, 3.05) is 0 Å². The van der Waals surface area contributed by atoms with Crippen LogP contribution in [0.5, 0.6) is 0 Å². The van der Waals surface area contributed by atoms with Crippen molar-refractivity contribution in [3.8, 4) is 0 Å². The van der Waals surface area contributed by atoms with Crippen LogP contribution in [0.15, 0.2) is 12.2 Å². The van der Waals surface area contributed by atoms with Crippen molar-refractivity contribution in [3.63, 3.8) is 0 Å². The molecule has 2 bridgehead atoms. The second-order valence-corrected chi connectivity index (χ2v) is 5.29. The van der Waals surface area contributed by atoms with Crippen LogP contribution in [0.4, 0.5) is 13.2 Å². The quantitative estimate of drug-likeness (QED) is 0.564. The summed E-state index contributed by atoms with van der Waals surface area (Å²) in [6, 6.07) is 0. The van der Waals surface area contributed by atoms with Gasteiger partial charge in [0.1, 0.15) is 12.2 Å². The molecule has 0 amide bonds. The van der Waals surface area contributed by atoms with Crippen molar-refractivity contribution >= 4 is 11.9 Å². The summed E-state index contributed by atoms with van der Waals surface area (Å²) in [5, 5.41) is 0. The van der Waals surface area contributed by atoms with Gasteiger partial charge in [0, 0.05) is 12.0 Å². The minimum Gasteiger partial charge on any atom is -0.455 e. The molecule has 0 aromatic heterocycles. The Balaban J connectivity index is 1.88. The molecule has 3 saturated heterocycles. The Morgan fingerprint density at radius 2 is 2.15 bits per heavy atom. The molecule has 0 aromatic rings. The summed E-state index contributed by atoms with van der Waals surface area (Å²) >= 11 is 0. The number of carbonyl (C=O) groups excluding carboxylic acids is 2. The highest BCUT2D eigenvalue weighted by molar-refractivity contribution is 5.87. The Labute approximate surface area is 111 Å². The summed E-state index contributed by atoms with van der Waals surface area (Å²) in [5.41, 5.74) is -2.51. The molecule has 3 aliphatic heterocycles. The van der Waals surface area contributed by atoms with Gasteiger partial charge in [0.25, 0.3) is 0 Å². The van der Waals surface area contributed by atoms with Gasteiger partial charge < -0.3 is 14.2 Å². The number of alkyl halides is 3. The fourth-order valence-electron chi connectivity index (χ4n) is 3.04. The maximum Gasteiger partial charge on any atom is 0.407 e. The molecule has 110 valence electrons. The van der Waals surface area contributed by atoms with Crippen molar-refractivity contribution in [2.24, 2.45) is 5.41 Å². The van der Waals surface area contributed by atoms with Gasteiger partial charge in [-0.15, -0.1) is 0 Å². The molecule has 0 spiro atoms. The average Bonchev–Trinajstić information content (AvgIpc) is 2.89. The Morgan fingerprint density at radius 3 is 2.70 bits per heavy atom. The van der Waals surface area contributed by atoms with Crippen LogP contribution in [-0.2, 0) is 23.8 Å². The van der Waals surface area contributed by atoms with Gasteiger partial charge in [0.15, 0.2) is 17.6 Å². The average molecular weight is 292 g/mol. The highest BCUT2D eigenvalue weighted by atomic mass is 19.4. The monoisotopic (exact) mass is 292 g/mol. The molecule has 5 unspecified atom stereocenters. The zero-order valence-corrected chi connectivity index (χ0v) is 10.4. The number of fused-ring (bicyclic) bond motifs is 1. The standard InChI is InChI=1S/C12H11F3O5/c1-4(2)9(16)19-6-5-3-11(12(13,14)15)8(18-5)7(6)20-10(11)17/h5-8H,1,3H2,2H3. The molecule has 0 radical (unpaired) electrons. The van der Waals surface area contributed by atoms with Gasteiger partial charge in [-0.05, 0) is 6.92 Å². The van der Waals surface area contributed by atoms with Gasteiger partial charge in [-0.25, -0.2) is 4.79 Å². The van der Waals surface area contributed by atoms with Gasteiger partial charge in [0.2, 0.25) is 0 Å². The normalized spacial score (nSPS) is 41.7. The van der Waals surface area contributed by atoms with Crippen LogP contribution < -0.4 is 0 Å². The van der Waals surface area contributed by atoms with E-state index in [2.05, 4.69) is 6.58 Å². The first-order valence-electron chi connectivity index (χ1n) is 5.98. The van der Waals surface area contributed by atoms with Crippen molar-refractivity contribution in [3.05, 3.63) is 12.2 Å². The van der Waals surface area contributed by atoms with Crippen LogP contribution in [0, 0.1) is 5.41 Å². The topological polar surface area (TPSA) is 61.8 Å². The third-order valence-corrected chi connectivity index (χ3v) is 4.02. The summed E-state index contributed by atoms with van der Waals surface area (Å²) in [6.07, 6.45) is -9.96. The van der Waals surface area contributed by atoms with E-state index in [4.69, 9.17) is 14.2 Å². The predicted octanol–water partition coefficient (Wildman–Crippen LogP) is 1.12. The van der Waals surface area contributed by atoms with Gasteiger partial charge >= 0.3 is 18.1 Å². The maximum absolute atomic E-state index is 13.2. The van der Waals surface area contributed by atoms with E-state index in [-0.39, 0.29) is 5.57 Å². The molecule has 0 N–H and O–H groups in total. The van der Waals surface area contributed by atoms with E-state index in [1.54, 1.807) is 0 Å². The Hall–Kier alpha value is -1.57. The summed E-state index contributed by atoms with van der Waals surface area (Å²) < 4.78 is 54.5. The summed E-state index contributed by atoms with van der Waals surface area (Å²) in [5.74, 6) is -2.09. The summed E-state index contributed by atoms with van der Waals surface area (Å²) in [7, 11) is 0. The summed E-state index contributed by atoms with van der Waals surface area (Å²) in [4.78, 5) is 23.1. The minimum absolute atomic E-state index is 0.110. The maximum atomic E-state index is 13.2. The van der Waals surface area contributed by atoms with Crippen molar-refractivity contribution < 1.29 is 37.0 Å². The van der Waals surface area contributed by atoms with Crippen LogP contribution in [0.3, 0.4) is 0 Å². The first kappa shape index (κ1) is 13.4. The van der Waals surface area contributed by atoms with Gasteiger partial charge in [0.05, 0.1) is 0 Å². The zero-order chi connectivity index (χ0) is 14.9. The number of hydrogen-bond acceptors (Lipinski definition) is 5. The molecule has 8 heteroatoms. The van der Waals surface area contributed by atoms with Crippen LogP contribution >= 0.6 is 0 Å². The van der Waals surface area contributed by atoms with Gasteiger partial charge in [-0.1, -0.05) is 6.58 Å². The lowest BCUT2D eigenvalue weighted by atomic mass is 9.73. The Kier molecular flexibility index (Phi) is 2.51. The van der Waals surface area contributed by atoms with E-state index in [1.165, 1.54) is 6.92 Å². The third kappa shape index (κ3) is 1.42. The number of esters is 2. The zero-order valence-electron chi connectivity index (χ0n) is 10.4. The first-order chi connectivity index (χ1) is 9.18. The molecule has 3 aliphatic rings. The highest BCUT2D eigenvalue weighted by Gasteiger charge is 2.82. The van der Waals surface area contributed by atoms with Crippen molar-refractivity contribution in [2.45, 2.75) is 43.9 Å². The van der Waals surface area contributed by atoms with Gasteiger partial charge in [-0.3, -0.25) is 4.79 Å².